The molecule has 0 unspecified atom stereocenters. The highest BCUT2D eigenvalue weighted by molar-refractivity contribution is 7.12. The average Bonchev–Trinajstić information content (AvgIpc) is 2.85. The van der Waals surface area contributed by atoms with E-state index in [1.54, 1.807) is 11.3 Å². The predicted octanol–water partition coefficient (Wildman–Crippen LogP) is 1.62. The van der Waals surface area contributed by atoms with Gasteiger partial charge in [-0.3, -0.25) is 4.79 Å². The molecule has 0 fully saturated rings. The van der Waals surface area contributed by atoms with Crippen molar-refractivity contribution in [2.24, 2.45) is 0 Å². The van der Waals surface area contributed by atoms with E-state index in [0.29, 0.717) is 6.54 Å². The van der Waals surface area contributed by atoms with Crippen molar-refractivity contribution in [2.45, 2.75) is 27.2 Å². The van der Waals surface area contributed by atoms with E-state index in [9.17, 15) is 4.79 Å². The summed E-state index contributed by atoms with van der Waals surface area (Å²) in [7, 11) is 0. The number of hydrogen-bond acceptors (Lipinski definition) is 4. The topological polar surface area (TPSA) is 59.8 Å². The average molecular weight is 264 g/mol. The van der Waals surface area contributed by atoms with Gasteiger partial charge in [0.1, 0.15) is 0 Å². The molecule has 2 rings (SSSR count). The molecule has 0 saturated carbocycles. The van der Waals surface area contributed by atoms with Gasteiger partial charge >= 0.3 is 0 Å². The number of amides is 1. The molecule has 0 aliphatic rings. The minimum atomic E-state index is -0.0102. The second-order valence-corrected chi connectivity index (χ2v) is 5.03. The van der Waals surface area contributed by atoms with Crippen LogP contribution in [0.1, 0.15) is 24.0 Å². The maximum atomic E-state index is 10.8. The van der Waals surface area contributed by atoms with Gasteiger partial charge in [0, 0.05) is 31.0 Å². The molecule has 2 heterocycles. The number of rotatable bonds is 4. The van der Waals surface area contributed by atoms with Gasteiger partial charge in [-0.25, -0.2) is 9.67 Å². The molecule has 0 aliphatic heterocycles. The zero-order chi connectivity index (χ0) is 13.1. The summed E-state index contributed by atoms with van der Waals surface area (Å²) in [5.41, 5.74) is 3.05. The number of carbonyl (C=O) groups excluding carboxylic acids is 1. The van der Waals surface area contributed by atoms with Gasteiger partial charge in [0.05, 0.1) is 11.4 Å². The second kappa shape index (κ2) is 5.30. The first-order valence-corrected chi connectivity index (χ1v) is 6.66. The Labute approximate surface area is 110 Å². The number of hydrogen-bond donors (Lipinski definition) is 1. The number of aryl methyl sites for hydroxylation is 2. The minimum absolute atomic E-state index is 0.0102. The SMILES string of the molecule is CC(=O)NCCc1csc(-n2nc(C)cc2C)n1. The molecule has 0 aromatic carbocycles. The van der Waals surface area contributed by atoms with E-state index in [-0.39, 0.29) is 5.91 Å². The third-order valence-corrected chi connectivity index (χ3v) is 3.35. The van der Waals surface area contributed by atoms with Gasteiger partial charge in [0.25, 0.3) is 0 Å². The zero-order valence-corrected chi connectivity index (χ0v) is 11.5. The molecule has 0 radical (unpaired) electrons. The Morgan fingerprint density at radius 2 is 2.28 bits per heavy atom. The molecule has 0 bridgehead atoms. The van der Waals surface area contributed by atoms with E-state index in [4.69, 9.17) is 0 Å². The van der Waals surface area contributed by atoms with Crippen molar-refractivity contribution in [3.05, 3.63) is 28.5 Å². The zero-order valence-electron chi connectivity index (χ0n) is 10.7. The summed E-state index contributed by atoms with van der Waals surface area (Å²) >= 11 is 1.57. The highest BCUT2D eigenvalue weighted by Crippen LogP contribution is 2.17. The Kier molecular flexibility index (Phi) is 3.76. The van der Waals surface area contributed by atoms with Crippen LogP contribution in [-0.2, 0) is 11.2 Å². The lowest BCUT2D eigenvalue weighted by Crippen LogP contribution is -2.22. The van der Waals surface area contributed by atoms with Gasteiger partial charge in [-0.15, -0.1) is 11.3 Å². The van der Waals surface area contributed by atoms with Crippen molar-refractivity contribution in [3.63, 3.8) is 0 Å². The number of aromatic nitrogens is 3. The standard InChI is InChI=1S/C12H16N4OS/c1-8-6-9(2)16(15-8)12-14-11(7-18-12)4-5-13-10(3)17/h6-7H,4-5H2,1-3H3,(H,13,17). The molecule has 0 atom stereocenters. The molecule has 6 heteroatoms. The maximum Gasteiger partial charge on any atom is 0.216 e. The second-order valence-electron chi connectivity index (χ2n) is 4.19. The van der Waals surface area contributed by atoms with Gasteiger partial charge in [0.15, 0.2) is 0 Å². The number of carbonyl (C=O) groups is 1. The molecule has 0 spiro atoms. The van der Waals surface area contributed by atoms with Gasteiger partial charge in [0.2, 0.25) is 11.0 Å². The summed E-state index contributed by atoms with van der Waals surface area (Å²) in [6.07, 6.45) is 0.745. The Morgan fingerprint density at radius 1 is 1.50 bits per heavy atom. The maximum absolute atomic E-state index is 10.8. The van der Waals surface area contributed by atoms with Crippen molar-refractivity contribution in [1.82, 2.24) is 20.1 Å². The minimum Gasteiger partial charge on any atom is -0.356 e. The first-order valence-electron chi connectivity index (χ1n) is 5.79. The molecule has 1 amide bonds. The lowest BCUT2D eigenvalue weighted by molar-refractivity contribution is -0.118. The Morgan fingerprint density at radius 3 is 2.89 bits per heavy atom. The van der Waals surface area contributed by atoms with Crippen molar-refractivity contribution in [3.8, 4) is 5.13 Å². The van der Waals surface area contributed by atoms with Crippen LogP contribution in [0, 0.1) is 13.8 Å². The number of nitrogens with zero attached hydrogens (tertiary/aromatic N) is 3. The van der Waals surface area contributed by atoms with Crippen LogP contribution in [-0.4, -0.2) is 27.2 Å². The molecule has 1 N–H and O–H groups in total. The Hall–Kier alpha value is -1.69. The van der Waals surface area contributed by atoms with E-state index in [2.05, 4.69) is 15.4 Å². The van der Waals surface area contributed by atoms with Gasteiger partial charge < -0.3 is 5.32 Å². The van der Waals surface area contributed by atoms with Crippen LogP contribution in [0.3, 0.4) is 0 Å². The third kappa shape index (κ3) is 2.95. The van der Waals surface area contributed by atoms with Crippen molar-refractivity contribution in [1.29, 1.82) is 0 Å². The summed E-state index contributed by atoms with van der Waals surface area (Å²) in [6, 6.07) is 2.03. The fraction of sp³-hybridized carbons (Fsp3) is 0.417. The molecule has 2 aromatic rings. The summed E-state index contributed by atoms with van der Waals surface area (Å²) in [6.45, 7) is 6.12. The number of thiazole rings is 1. The lowest BCUT2D eigenvalue weighted by atomic mass is 10.3. The quantitative estimate of drug-likeness (QED) is 0.913. The molecule has 0 saturated heterocycles. The molecule has 5 nitrogen and oxygen atoms in total. The van der Waals surface area contributed by atoms with Crippen molar-refractivity contribution >= 4 is 17.2 Å². The van der Waals surface area contributed by atoms with E-state index in [1.165, 1.54) is 6.92 Å². The molecule has 2 aromatic heterocycles. The first kappa shape index (κ1) is 12.8. The third-order valence-electron chi connectivity index (χ3n) is 2.49. The van der Waals surface area contributed by atoms with Crippen LogP contribution in [0.25, 0.3) is 5.13 Å². The Bertz CT molecular complexity index is 558. The van der Waals surface area contributed by atoms with E-state index in [1.807, 2.05) is 30.0 Å². The normalized spacial score (nSPS) is 10.6. The van der Waals surface area contributed by atoms with Crippen LogP contribution in [0.2, 0.25) is 0 Å². The van der Waals surface area contributed by atoms with Gasteiger partial charge in [-0.2, -0.15) is 5.10 Å². The Balaban J connectivity index is 2.06. The van der Waals surface area contributed by atoms with Crippen molar-refractivity contribution < 1.29 is 4.79 Å². The van der Waals surface area contributed by atoms with E-state index < -0.39 is 0 Å². The summed E-state index contributed by atoms with van der Waals surface area (Å²) in [5.74, 6) is -0.0102. The van der Waals surface area contributed by atoms with Gasteiger partial charge in [-0.1, -0.05) is 0 Å². The molecular weight excluding hydrogens is 248 g/mol. The molecule has 18 heavy (non-hydrogen) atoms. The van der Waals surface area contributed by atoms with Crippen LogP contribution in [0.5, 0.6) is 0 Å². The van der Waals surface area contributed by atoms with Crippen LogP contribution < -0.4 is 5.32 Å². The monoisotopic (exact) mass is 264 g/mol. The molecule has 96 valence electrons. The van der Waals surface area contributed by atoms with E-state index in [0.717, 1.165) is 28.6 Å². The lowest BCUT2D eigenvalue weighted by Gasteiger charge is -1.99. The predicted molar refractivity (Wildman–Crippen MR) is 71.1 cm³/mol. The fourth-order valence-electron chi connectivity index (χ4n) is 1.70. The fourth-order valence-corrected chi connectivity index (χ4v) is 2.56. The highest BCUT2D eigenvalue weighted by atomic mass is 32.1. The largest absolute Gasteiger partial charge is 0.356 e. The smallest absolute Gasteiger partial charge is 0.216 e. The highest BCUT2D eigenvalue weighted by Gasteiger charge is 2.08. The molecular formula is C12H16N4OS. The summed E-state index contributed by atoms with van der Waals surface area (Å²) < 4.78 is 1.85. The van der Waals surface area contributed by atoms with Crippen LogP contribution >= 0.6 is 11.3 Å². The van der Waals surface area contributed by atoms with Crippen molar-refractivity contribution in [2.75, 3.05) is 6.54 Å². The summed E-state index contributed by atoms with van der Waals surface area (Å²) in [5, 5.41) is 10.0. The van der Waals surface area contributed by atoms with Gasteiger partial charge in [-0.05, 0) is 19.9 Å². The first-order chi connectivity index (χ1) is 8.56. The number of nitrogens with one attached hydrogen (secondary N) is 1. The van der Waals surface area contributed by atoms with Crippen LogP contribution in [0.4, 0.5) is 0 Å². The van der Waals surface area contributed by atoms with Crippen LogP contribution in [0.15, 0.2) is 11.4 Å². The molecule has 0 aliphatic carbocycles. The van der Waals surface area contributed by atoms with E-state index >= 15 is 0 Å². The summed E-state index contributed by atoms with van der Waals surface area (Å²) in [4.78, 5) is 15.3.